The first kappa shape index (κ1) is 18.4. The topological polar surface area (TPSA) is 78.0 Å². The SMILES string of the molecule is CC(=O)CCC(=O)N1CCN(C(=O)C2CC(=O)N(C(C)C)C2)CC1. The van der Waals surface area contributed by atoms with E-state index < -0.39 is 0 Å². The van der Waals surface area contributed by atoms with Gasteiger partial charge in [-0.25, -0.2) is 0 Å². The maximum absolute atomic E-state index is 12.6. The summed E-state index contributed by atoms with van der Waals surface area (Å²) >= 11 is 0. The molecule has 7 nitrogen and oxygen atoms in total. The molecule has 1 atom stereocenters. The Hall–Kier alpha value is -1.92. The van der Waals surface area contributed by atoms with Crippen molar-refractivity contribution in [2.75, 3.05) is 32.7 Å². The first-order chi connectivity index (χ1) is 11.3. The summed E-state index contributed by atoms with van der Waals surface area (Å²) in [5.41, 5.74) is 0. The molecule has 0 aromatic carbocycles. The highest BCUT2D eigenvalue weighted by Crippen LogP contribution is 2.22. The van der Waals surface area contributed by atoms with Gasteiger partial charge < -0.3 is 19.5 Å². The summed E-state index contributed by atoms with van der Waals surface area (Å²) in [6, 6.07) is 0.117. The van der Waals surface area contributed by atoms with Crippen molar-refractivity contribution in [3.8, 4) is 0 Å². The average Bonchev–Trinajstić information content (AvgIpc) is 2.94. The molecule has 1 unspecified atom stereocenters. The maximum Gasteiger partial charge on any atom is 0.228 e. The Morgan fingerprint density at radius 2 is 1.62 bits per heavy atom. The molecule has 2 fully saturated rings. The van der Waals surface area contributed by atoms with E-state index in [0.717, 1.165) is 0 Å². The van der Waals surface area contributed by atoms with Crippen molar-refractivity contribution in [1.82, 2.24) is 14.7 Å². The number of Topliss-reactive ketones (excluding diaryl/α,β-unsaturated/α-hetero) is 1. The third kappa shape index (κ3) is 4.33. The predicted octanol–water partition coefficient (Wildman–Crippen LogP) is 0.283. The first-order valence-corrected chi connectivity index (χ1v) is 8.65. The monoisotopic (exact) mass is 337 g/mol. The molecular formula is C17H27N3O4. The number of hydrogen-bond acceptors (Lipinski definition) is 4. The third-order valence-corrected chi connectivity index (χ3v) is 4.77. The molecule has 2 aliphatic heterocycles. The quantitative estimate of drug-likeness (QED) is 0.722. The summed E-state index contributed by atoms with van der Waals surface area (Å²) < 4.78 is 0. The Morgan fingerprint density at radius 3 is 2.12 bits per heavy atom. The second-order valence-electron chi connectivity index (χ2n) is 6.95. The zero-order valence-corrected chi connectivity index (χ0v) is 14.8. The number of hydrogen-bond donors (Lipinski definition) is 0. The summed E-state index contributed by atoms with van der Waals surface area (Å²) in [6.07, 6.45) is 0.797. The van der Waals surface area contributed by atoms with Gasteiger partial charge in [0.05, 0.1) is 5.92 Å². The fraction of sp³-hybridized carbons (Fsp3) is 0.765. The Bertz CT molecular complexity index is 524. The molecule has 7 heteroatoms. The van der Waals surface area contributed by atoms with E-state index in [1.165, 1.54) is 6.92 Å². The van der Waals surface area contributed by atoms with Gasteiger partial charge in [-0.2, -0.15) is 0 Å². The average molecular weight is 337 g/mol. The van der Waals surface area contributed by atoms with Gasteiger partial charge >= 0.3 is 0 Å². The number of nitrogens with zero attached hydrogens (tertiary/aromatic N) is 3. The zero-order valence-electron chi connectivity index (χ0n) is 14.8. The third-order valence-electron chi connectivity index (χ3n) is 4.77. The molecule has 24 heavy (non-hydrogen) atoms. The van der Waals surface area contributed by atoms with Gasteiger partial charge in [-0.3, -0.25) is 14.4 Å². The van der Waals surface area contributed by atoms with Gasteiger partial charge in [0, 0.05) is 58.0 Å². The van der Waals surface area contributed by atoms with Crippen LogP contribution in [0.15, 0.2) is 0 Å². The molecule has 0 radical (unpaired) electrons. The zero-order chi connectivity index (χ0) is 17.9. The van der Waals surface area contributed by atoms with Crippen LogP contribution in [0.3, 0.4) is 0 Å². The molecule has 2 saturated heterocycles. The van der Waals surface area contributed by atoms with Crippen molar-refractivity contribution in [3.63, 3.8) is 0 Å². The highest BCUT2D eigenvalue weighted by molar-refractivity contribution is 5.89. The van der Waals surface area contributed by atoms with E-state index >= 15 is 0 Å². The van der Waals surface area contributed by atoms with E-state index in [1.807, 2.05) is 13.8 Å². The molecular weight excluding hydrogens is 310 g/mol. The number of carbonyl (C=O) groups excluding carboxylic acids is 4. The number of likely N-dealkylation sites (tertiary alicyclic amines) is 1. The van der Waals surface area contributed by atoms with Crippen LogP contribution in [0.2, 0.25) is 0 Å². The van der Waals surface area contributed by atoms with Gasteiger partial charge in [-0.1, -0.05) is 0 Å². The number of piperazine rings is 1. The minimum absolute atomic E-state index is 0.0118. The number of rotatable bonds is 5. The lowest BCUT2D eigenvalue weighted by atomic mass is 10.1. The molecule has 134 valence electrons. The van der Waals surface area contributed by atoms with Gasteiger partial charge in [-0.05, 0) is 20.8 Å². The summed E-state index contributed by atoms with van der Waals surface area (Å²) in [6.45, 7) is 7.87. The molecule has 0 N–H and O–H groups in total. The highest BCUT2D eigenvalue weighted by Gasteiger charge is 2.38. The second-order valence-corrected chi connectivity index (χ2v) is 6.95. The van der Waals surface area contributed by atoms with Gasteiger partial charge in [0.1, 0.15) is 5.78 Å². The molecule has 2 rings (SSSR count). The molecule has 0 bridgehead atoms. The van der Waals surface area contributed by atoms with Crippen LogP contribution in [-0.4, -0.2) is 77.0 Å². The van der Waals surface area contributed by atoms with Crippen LogP contribution in [0.25, 0.3) is 0 Å². The van der Waals surface area contributed by atoms with E-state index in [2.05, 4.69) is 0 Å². The van der Waals surface area contributed by atoms with Crippen LogP contribution >= 0.6 is 0 Å². The lowest BCUT2D eigenvalue weighted by Gasteiger charge is -2.36. The number of carbonyl (C=O) groups is 4. The predicted molar refractivity (Wildman–Crippen MR) is 88.0 cm³/mol. The second kappa shape index (κ2) is 7.77. The highest BCUT2D eigenvalue weighted by atomic mass is 16.2. The number of ketones is 1. The molecule has 0 aromatic rings. The largest absolute Gasteiger partial charge is 0.339 e. The fourth-order valence-electron chi connectivity index (χ4n) is 3.27. The van der Waals surface area contributed by atoms with Gasteiger partial charge in [0.25, 0.3) is 0 Å². The summed E-state index contributed by atoms with van der Waals surface area (Å²) in [7, 11) is 0. The van der Waals surface area contributed by atoms with Crippen molar-refractivity contribution in [2.24, 2.45) is 5.92 Å². The lowest BCUT2D eigenvalue weighted by Crippen LogP contribution is -2.52. The van der Waals surface area contributed by atoms with Crippen molar-refractivity contribution < 1.29 is 19.2 Å². The molecule has 2 heterocycles. The fourth-order valence-corrected chi connectivity index (χ4v) is 3.27. The van der Waals surface area contributed by atoms with Crippen LogP contribution in [0, 0.1) is 5.92 Å². The minimum Gasteiger partial charge on any atom is -0.339 e. The Balaban J connectivity index is 1.82. The Labute approximate surface area is 142 Å². The Kier molecular flexibility index (Phi) is 5.96. The molecule has 0 aromatic heterocycles. The normalized spacial score (nSPS) is 21.6. The van der Waals surface area contributed by atoms with Crippen LogP contribution in [0.1, 0.15) is 40.0 Å². The molecule has 0 saturated carbocycles. The van der Waals surface area contributed by atoms with Gasteiger partial charge in [-0.15, -0.1) is 0 Å². The lowest BCUT2D eigenvalue weighted by molar-refractivity contribution is -0.142. The van der Waals surface area contributed by atoms with Crippen molar-refractivity contribution in [1.29, 1.82) is 0 Å². The first-order valence-electron chi connectivity index (χ1n) is 8.65. The van der Waals surface area contributed by atoms with Crippen molar-refractivity contribution >= 4 is 23.5 Å². The standard InChI is InChI=1S/C17H27N3O4/c1-12(2)20-11-14(10-16(20)23)17(24)19-8-6-18(7-9-19)15(22)5-4-13(3)21/h12,14H,4-11H2,1-3H3. The van der Waals surface area contributed by atoms with Crippen LogP contribution < -0.4 is 0 Å². The van der Waals surface area contributed by atoms with Crippen LogP contribution in [0.4, 0.5) is 0 Å². The smallest absolute Gasteiger partial charge is 0.228 e. The maximum atomic E-state index is 12.6. The van der Waals surface area contributed by atoms with E-state index in [4.69, 9.17) is 0 Å². The van der Waals surface area contributed by atoms with E-state index in [0.29, 0.717) is 32.7 Å². The van der Waals surface area contributed by atoms with Crippen LogP contribution in [-0.2, 0) is 19.2 Å². The summed E-state index contributed by atoms with van der Waals surface area (Å²) in [5.74, 6) is -0.222. The van der Waals surface area contributed by atoms with E-state index in [9.17, 15) is 19.2 Å². The molecule has 0 aliphatic carbocycles. The summed E-state index contributed by atoms with van der Waals surface area (Å²) in [5, 5.41) is 0. The minimum atomic E-state index is -0.264. The summed E-state index contributed by atoms with van der Waals surface area (Å²) in [4.78, 5) is 52.8. The van der Waals surface area contributed by atoms with Crippen molar-refractivity contribution in [3.05, 3.63) is 0 Å². The molecule has 3 amide bonds. The van der Waals surface area contributed by atoms with E-state index in [-0.39, 0.29) is 54.7 Å². The Morgan fingerprint density at radius 1 is 1.04 bits per heavy atom. The number of amides is 3. The molecule has 0 spiro atoms. The van der Waals surface area contributed by atoms with Crippen molar-refractivity contribution in [2.45, 2.75) is 46.1 Å². The molecule has 2 aliphatic rings. The van der Waals surface area contributed by atoms with E-state index in [1.54, 1.807) is 14.7 Å². The van der Waals surface area contributed by atoms with Gasteiger partial charge in [0.15, 0.2) is 0 Å². The van der Waals surface area contributed by atoms with Gasteiger partial charge in [0.2, 0.25) is 17.7 Å². The van der Waals surface area contributed by atoms with Crippen LogP contribution in [0.5, 0.6) is 0 Å².